The number of aromatic amines is 3. The van der Waals surface area contributed by atoms with Crippen molar-refractivity contribution >= 4 is 84.7 Å². The van der Waals surface area contributed by atoms with Gasteiger partial charge >= 0.3 is 48.9 Å². The molecule has 1 aliphatic heterocycles. The van der Waals surface area contributed by atoms with Crippen molar-refractivity contribution in [3.63, 3.8) is 0 Å². The number of H-pyrrole nitrogens is 3. The van der Waals surface area contributed by atoms with E-state index in [2.05, 4.69) is 77.6 Å². The molecule has 13 rings (SSSR count). The number of nitrogens with zero attached hydrogens (tertiary/aromatic N) is 10. The van der Waals surface area contributed by atoms with Crippen LogP contribution in [0.3, 0.4) is 0 Å². The molecule has 1 saturated heterocycles. The summed E-state index contributed by atoms with van der Waals surface area (Å²) < 4.78 is 174. The van der Waals surface area contributed by atoms with Crippen LogP contribution in [0.5, 0.6) is 0 Å². The quantitative estimate of drug-likeness (QED) is 0.0667. The normalized spacial score (nSPS) is 13.6. The number of hydrogen-bond acceptors (Lipinski definition) is 14. The molecule has 1 aliphatic rings. The van der Waals surface area contributed by atoms with Crippen LogP contribution in [0.2, 0.25) is 5.15 Å². The van der Waals surface area contributed by atoms with E-state index in [0.717, 1.165) is 21.3 Å². The van der Waals surface area contributed by atoms with Crippen molar-refractivity contribution in [2.45, 2.75) is 63.6 Å². The van der Waals surface area contributed by atoms with E-state index in [1.54, 1.807) is 72.8 Å². The van der Waals surface area contributed by atoms with E-state index < -0.39 is 71.1 Å². The molecule has 500 valence electrons. The maximum absolute atomic E-state index is 13.3. The Morgan fingerprint density at radius 3 is 1.16 bits per heavy atom. The average Bonchev–Trinajstić information content (AvgIpc) is 1.60. The van der Waals surface area contributed by atoms with Crippen molar-refractivity contribution in [2.75, 3.05) is 10.6 Å². The van der Waals surface area contributed by atoms with Crippen molar-refractivity contribution in [3.05, 3.63) is 240 Å². The number of hydrogen-bond donors (Lipinski definition) is 5. The lowest BCUT2D eigenvalue weighted by Crippen LogP contribution is -2.41. The van der Waals surface area contributed by atoms with Gasteiger partial charge in [0.25, 0.3) is 0 Å². The van der Waals surface area contributed by atoms with Crippen LogP contribution in [0.1, 0.15) is 49.9 Å². The van der Waals surface area contributed by atoms with Gasteiger partial charge in [-0.2, -0.15) is 68.0 Å². The van der Waals surface area contributed by atoms with Crippen LogP contribution in [0.15, 0.2) is 196 Å². The highest BCUT2D eigenvalue weighted by Crippen LogP contribution is 2.42. The number of aromatic nitrogens is 13. The van der Waals surface area contributed by atoms with Gasteiger partial charge in [0, 0.05) is 43.0 Å². The molecule has 7 aromatic carbocycles. The fourth-order valence-corrected chi connectivity index (χ4v) is 9.82. The van der Waals surface area contributed by atoms with E-state index in [-0.39, 0.29) is 51.5 Å². The van der Waals surface area contributed by atoms with Gasteiger partial charge in [-0.25, -0.2) is 43.4 Å². The van der Waals surface area contributed by atoms with Gasteiger partial charge in [-0.15, -0.1) is 20.4 Å². The Morgan fingerprint density at radius 1 is 0.454 bits per heavy atom. The highest BCUT2D eigenvalue weighted by atomic mass is 79.9. The Bertz CT molecular complexity index is 4900. The third-order valence-corrected chi connectivity index (χ3v) is 15.7. The molecule has 1 fully saturated rings. The van der Waals surface area contributed by atoms with Crippen molar-refractivity contribution in [2.24, 2.45) is 0 Å². The van der Waals surface area contributed by atoms with Crippen LogP contribution in [0.25, 0.3) is 49.9 Å². The summed E-state index contributed by atoms with van der Waals surface area (Å²) in [4.78, 5) is 34.4. The average molecular weight is 1440 g/mol. The first-order valence-corrected chi connectivity index (χ1v) is 29.3. The smallest absolute Gasteiger partial charge is 0.399 e. The minimum absolute atomic E-state index is 0.0163. The second kappa shape index (κ2) is 27.3. The van der Waals surface area contributed by atoms with Crippen molar-refractivity contribution in [1.29, 1.82) is 0 Å². The second-order valence-electron chi connectivity index (χ2n) is 22.0. The van der Waals surface area contributed by atoms with E-state index in [1.807, 2.05) is 76.2 Å². The molecule has 0 bridgehead atoms. The Morgan fingerprint density at radius 2 is 0.794 bits per heavy atom. The summed E-state index contributed by atoms with van der Waals surface area (Å²) in [7, 11) is -0.398. The van der Waals surface area contributed by atoms with Gasteiger partial charge in [-0.3, -0.25) is 0 Å². The summed E-state index contributed by atoms with van der Waals surface area (Å²) in [6, 6.07) is 37.2. The summed E-state index contributed by atoms with van der Waals surface area (Å²) in [6.07, 6.45) is -15.6. The first kappa shape index (κ1) is 69.4. The van der Waals surface area contributed by atoms with Crippen molar-refractivity contribution in [3.8, 4) is 28.3 Å². The van der Waals surface area contributed by atoms with Gasteiger partial charge in [-0.1, -0.05) is 100 Å². The van der Waals surface area contributed by atoms with Crippen molar-refractivity contribution in [1.82, 2.24) is 64.7 Å². The number of alkyl halides is 12. The lowest BCUT2D eigenvalue weighted by Gasteiger charge is -2.32. The predicted octanol–water partition coefficient (Wildman–Crippen LogP) is 14.2. The molecule has 5 aromatic heterocycles. The Labute approximate surface area is 551 Å². The Kier molecular flexibility index (Phi) is 19.6. The molecule has 0 amide bonds. The Hall–Kier alpha value is -10.4. The molecule has 12 aromatic rings. The van der Waals surface area contributed by atoms with E-state index >= 15 is 0 Å². The summed E-state index contributed by atoms with van der Waals surface area (Å²) in [5.74, 6) is -0.0363. The van der Waals surface area contributed by atoms with Gasteiger partial charge in [-0.05, 0) is 118 Å². The van der Waals surface area contributed by atoms with Crippen LogP contribution in [-0.2, 0) is 34.0 Å². The maximum Gasteiger partial charge on any atom is 0.494 e. The molecule has 0 spiro atoms. The molecule has 0 atom stereocenters. The number of nitrogens with one attached hydrogen (secondary N) is 5. The fourth-order valence-electron chi connectivity index (χ4n) is 9.35. The van der Waals surface area contributed by atoms with Crippen LogP contribution in [0, 0.1) is 0 Å². The lowest BCUT2D eigenvalue weighted by molar-refractivity contribution is -0.144. The summed E-state index contributed by atoms with van der Waals surface area (Å²) >= 11 is 9.22. The van der Waals surface area contributed by atoms with Crippen molar-refractivity contribution < 1.29 is 62.0 Å². The molecule has 35 heteroatoms. The number of benzene rings is 7. The van der Waals surface area contributed by atoms with E-state index in [0.29, 0.717) is 62.8 Å². The van der Waals surface area contributed by atoms with Crippen LogP contribution < -0.4 is 33.2 Å². The minimum atomic E-state index is -4.98. The topological polar surface area (TPSA) is 246 Å². The molecule has 6 heterocycles. The van der Waals surface area contributed by atoms with E-state index in [4.69, 9.17) is 20.9 Å². The number of rotatable bonds is 9. The van der Waals surface area contributed by atoms with Crippen LogP contribution in [0.4, 0.5) is 75.7 Å². The standard InChI is InChI=1S/C24H14F6N6O.C16H8ClF6N3.C14H18BN3O3.C8H6BrN3O/c25-23(26,27)14-9-15(24(28,29)30)11-16(10-14)32-21-19-4-2-1-3-18(19)20(33-34-21)13-5-7-17(8-6-13)36-12-31-35-22(36)37;17-13-11-3-1-2-4-12(11)14(26-25-13)24-10-6-8(15(18,19)20)5-9(7-10)16(21,22)23;1-13(2)14(3,4)21-15(20-13)10-5-7-11(8-6-10)18-9-16-17-12(18)19;9-6-1-3-7(4-2-6)12-5-10-11-8(12)13/h1-12H,(H,32,34)(H,35,37);1-7H,(H,24,26);5-9H,1-4H3,(H,17,19);1-5H,(H,11,13). The molecular weight excluding hydrogens is 1390 g/mol. The van der Waals surface area contributed by atoms with Gasteiger partial charge in [0.05, 0.1) is 50.5 Å². The van der Waals surface area contributed by atoms with Gasteiger partial charge in [0.15, 0.2) is 16.8 Å². The number of anilines is 4. The SMILES string of the molecule is CC1(C)OB(c2ccc(-n3cn[nH]c3=O)cc2)OC1(C)C.FC(F)(F)c1cc(Nc2nnc(Cl)c3ccccc23)cc(C(F)(F)F)c1.O=c1[nH]ncn1-c1ccc(-c2nnc(Nc3cc(C(F)(F)F)cc(C(F)(F)F)c3)c3ccccc23)cc1.O=c1[nH]ncn1-c1ccc(Br)cc1. The molecule has 20 nitrogen and oxygen atoms in total. The molecule has 0 unspecified atom stereocenters. The number of fused-ring (bicyclic) bond motifs is 2. The molecule has 5 N–H and O–H groups in total. The minimum Gasteiger partial charge on any atom is -0.399 e. The monoisotopic (exact) mass is 1430 g/mol. The van der Waals surface area contributed by atoms with E-state index in [1.165, 1.54) is 32.7 Å². The van der Waals surface area contributed by atoms with Gasteiger partial charge in [0.2, 0.25) is 0 Å². The molecule has 0 radical (unpaired) electrons. The summed E-state index contributed by atoms with van der Waals surface area (Å²) in [5.41, 5.74) is -4.21. The van der Waals surface area contributed by atoms with Gasteiger partial charge < -0.3 is 19.9 Å². The lowest BCUT2D eigenvalue weighted by atomic mass is 9.79. The third kappa shape index (κ3) is 16.1. The first-order chi connectivity index (χ1) is 45.6. The molecule has 97 heavy (non-hydrogen) atoms. The summed E-state index contributed by atoms with van der Waals surface area (Å²) in [5, 5.41) is 40.5. The molecule has 0 saturated carbocycles. The molecule has 0 aliphatic carbocycles. The zero-order chi connectivity index (χ0) is 70.0. The first-order valence-electron chi connectivity index (χ1n) is 28.1. The van der Waals surface area contributed by atoms with Crippen LogP contribution >= 0.6 is 27.5 Å². The fraction of sp³-hybridized carbons (Fsp3) is 0.161. The Balaban J connectivity index is 0.000000149. The van der Waals surface area contributed by atoms with Crippen LogP contribution in [-0.4, -0.2) is 83.0 Å². The maximum atomic E-state index is 13.3. The molecular formula is C62H46BBrClF12N15O5. The highest BCUT2D eigenvalue weighted by Gasteiger charge is 2.51. The predicted molar refractivity (Wildman–Crippen MR) is 339 cm³/mol. The number of halogens is 14. The zero-order valence-corrected chi connectivity index (χ0v) is 52.5. The second-order valence-corrected chi connectivity index (χ2v) is 23.2. The van der Waals surface area contributed by atoms with Gasteiger partial charge in [0.1, 0.15) is 24.7 Å². The largest absolute Gasteiger partial charge is 0.494 e. The zero-order valence-electron chi connectivity index (χ0n) is 50.1. The summed E-state index contributed by atoms with van der Waals surface area (Å²) in [6.45, 7) is 8.08. The highest BCUT2D eigenvalue weighted by molar-refractivity contribution is 9.10. The third-order valence-electron chi connectivity index (χ3n) is 14.9. The van der Waals surface area contributed by atoms with E-state index in [9.17, 15) is 67.1 Å².